The zero-order chi connectivity index (χ0) is 13.8. The number of rotatable bonds is 3. The van der Waals surface area contributed by atoms with Gasteiger partial charge in [0.05, 0.1) is 0 Å². The average molecular weight is 261 g/mol. The number of hydrogen-bond donors (Lipinski definition) is 0. The van der Waals surface area contributed by atoms with E-state index in [2.05, 4.69) is 4.74 Å². The summed E-state index contributed by atoms with van der Waals surface area (Å²) in [6.07, 6.45) is -5.49. The Morgan fingerprint density at radius 2 is 1.83 bits per heavy atom. The second-order valence-corrected chi connectivity index (χ2v) is 4.01. The minimum atomic E-state index is -4.50. The molecule has 0 aliphatic heterocycles. The number of ether oxygens (including phenoxy) is 1. The van der Waals surface area contributed by atoms with E-state index in [-0.39, 0.29) is 6.54 Å². The van der Waals surface area contributed by atoms with Gasteiger partial charge in [-0.25, -0.2) is 4.79 Å². The van der Waals surface area contributed by atoms with Gasteiger partial charge in [0.25, 0.3) is 0 Å². The molecule has 100 valence electrons. The predicted molar refractivity (Wildman–Crippen MR) is 60.0 cm³/mol. The van der Waals surface area contributed by atoms with Gasteiger partial charge < -0.3 is 9.64 Å². The third-order valence-electron chi connectivity index (χ3n) is 2.21. The first-order valence-electron chi connectivity index (χ1n) is 5.28. The van der Waals surface area contributed by atoms with Gasteiger partial charge in [0, 0.05) is 13.6 Å². The molecule has 3 nitrogen and oxygen atoms in total. The van der Waals surface area contributed by atoms with Crippen molar-refractivity contribution in [3.8, 4) is 0 Å². The molecule has 0 bridgehead atoms. The number of amides is 1. The summed E-state index contributed by atoms with van der Waals surface area (Å²) < 4.78 is 39.7. The molecule has 0 saturated carbocycles. The first-order valence-corrected chi connectivity index (χ1v) is 5.28. The Kier molecular flexibility index (Phi) is 4.58. The average Bonchev–Trinajstić information content (AvgIpc) is 2.28. The summed E-state index contributed by atoms with van der Waals surface area (Å²) in [6, 6.07) is 7.35. The predicted octanol–water partition coefficient (Wildman–Crippen LogP) is 3.13. The summed E-state index contributed by atoms with van der Waals surface area (Å²) in [7, 11) is 1.39. The minimum Gasteiger partial charge on any atom is -0.440 e. The van der Waals surface area contributed by atoms with E-state index < -0.39 is 18.9 Å². The van der Waals surface area contributed by atoms with Gasteiger partial charge in [-0.05, 0) is 12.5 Å². The first-order chi connectivity index (χ1) is 8.28. The SMILES string of the molecule is Cc1ccc(CN(C)C(=O)OCC(F)(F)F)cc1. The minimum absolute atomic E-state index is 0.205. The lowest BCUT2D eigenvalue weighted by atomic mass is 10.1. The number of hydrogen-bond acceptors (Lipinski definition) is 2. The Morgan fingerprint density at radius 3 is 2.33 bits per heavy atom. The van der Waals surface area contributed by atoms with Gasteiger partial charge in [-0.2, -0.15) is 13.2 Å². The number of nitrogens with zero attached hydrogens (tertiary/aromatic N) is 1. The van der Waals surface area contributed by atoms with Crippen LogP contribution in [0.3, 0.4) is 0 Å². The molecule has 6 heteroatoms. The van der Waals surface area contributed by atoms with Crippen molar-refractivity contribution < 1.29 is 22.7 Å². The van der Waals surface area contributed by atoms with E-state index in [1.807, 2.05) is 31.2 Å². The number of carbonyl (C=O) groups excluding carboxylic acids is 1. The molecule has 0 atom stereocenters. The zero-order valence-electron chi connectivity index (χ0n) is 10.1. The summed E-state index contributed by atoms with van der Waals surface area (Å²) in [6.45, 7) is 0.562. The normalized spacial score (nSPS) is 11.2. The number of benzene rings is 1. The fourth-order valence-electron chi connectivity index (χ4n) is 1.29. The Morgan fingerprint density at radius 1 is 1.28 bits per heavy atom. The highest BCUT2D eigenvalue weighted by molar-refractivity contribution is 5.67. The summed E-state index contributed by atoms with van der Waals surface area (Å²) in [5.74, 6) is 0. The molecule has 1 aromatic carbocycles. The summed E-state index contributed by atoms with van der Waals surface area (Å²) in [5.41, 5.74) is 1.90. The van der Waals surface area contributed by atoms with Gasteiger partial charge in [-0.15, -0.1) is 0 Å². The Bertz CT molecular complexity index is 401. The molecular formula is C12H14F3NO2. The molecule has 0 heterocycles. The maximum atomic E-state index is 11.9. The molecule has 1 aromatic rings. The third kappa shape index (κ3) is 5.07. The monoisotopic (exact) mass is 261 g/mol. The van der Waals surface area contributed by atoms with Gasteiger partial charge >= 0.3 is 12.3 Å². The van der Waals surface area contributed by atoms with Crippen molar-refractivity contribution in [2.45, 2.75) is 19.6 Å². The molecule has 0 aromatic heterocycles. The largest absolute Gasteiger partial charge is 0.440 e. The molecule has 18 heavy (non-hydrogen) atoms. The Hall–Kier alpha value is -1.72. The van der Waals surface area contributed by atoms with Crippen molar-refractivity contribution in [3.05, 3.63) is 35.4 Å². The van der Waals surface area contributed by atoms with E-state index in [0.717, 1.165) is 16.0 Å². The lowest BCUT2D eigenvalue weighted by Crippen LogP contribution is -2.30. The molecule has 0 fully saturated rings. The first kappa shape index (κ1) is 14.3. The van der Waals surface area contributed by atoms with Crippen molar-refractivity contribution in [2.75, 3.05) is 13.7 Å². The maximum Gasteiger partial charge on any atom is 0.422 e. The van der Waals surface area contributed by atoms with Crippen molar-refractivity contribution in [1.82, 2.24) is 4.90 Å². The smallest absolute Gasteiger partial charge is 0.422 e. The molecule has 0 aliphatic rings. The van der Waals surface area contributed by atoms with Crippen molar-refractivity contribution in [1.29, 1.82) is 0 Å². The standard InChI is InChI=1S/C12H14F3NO2/c1-9-3-5-10(6-4-9)7-16(2)11(17)18-8-12(13,14)15/h3-6H,7-8H2,1-2H3. The van der Waals surface area contributed by atoms with Gasteiger partial charge in [0.2, 0.25) is 0 Å². The van der Waals surface area contributed by atoms with Crippen molar-refractivity contribution in [2.24, 2.45) is 0 Å². The third-order valence-corrected chi connectivity index (χ3v) is 2.21. The van der Waals surface area contributed by atoms with E-state index in [1.165, 1.54) is 7.05 Å². The van der Waals surface area contributed by atoms with Crippen LogP contribution >= 0.6 is 0 Å². The quantitative estimate of drug-likeness (QED) is 0.836. The highest BCUT2D eigenvalue weighted by Crippen LogP contribution is 2.15. The number of carbonyl (C=O) groups is 1. The molecule has 0 unspecified atom stereocenters. The van der Waals surface area contributed by atoms with E-state index in [4.69, 9.17) is 0 Å². The number of halogens is 3. The lowest BCUT2D eigenvalue weighted by molar-refractivity contribution is -0.162. The fourth-order valence-corrected chi connectivity index (χ4v) is 1.29. The van der Waals surface area contributed by atoms with E-state index in [1.54, 1.807) is 0 Å². The van der Waals surface area contributed by atoms with Crippen LogP contribution in [0.5, 0.6) is 0 Å². The van der Waals surface area contributed by atoms with E-state index >= 15 is 0 Å². The summed E-state index contributed by atoms with van der Waals surface area (Å²) >= 11 is 0. The maximum absolute atomic E-state index is 11.9. The zero-order valence-corrected chi connectivity index (χ0v) is 10.1. The van der Waals surface area contributed by atoms with Gasteiger partial charge in [0.15, 0.2) is 6.61 Å². The summed E-state index contributed by atoms with van der Waals surface area (Å²) in [4.78, 5) is 12.4. The van der Waals surface area contributed by atoms with Crippen LogP contribution < -0.4 is 0 Å². The molecule has 0 saturated heterocycles. The molecule has 0 radical (unpaired) electrons. The Balaban J connectivity index is 2.47. The van der Waals surface area contributed by atoms with Gasteiger partial charge in [-0.3, -0.25) is 0 Å². The van der Waals surface area contributed by atoms with Crippen LogP contribution in [0.15, 0.2) is 24.3 Å². The molecule has 0 aliphatic carbocycles. The van der Waals surface area contributed by atoms with Crippen LogP contribution in [-0.4, -0.2) is 30.8 Å². The Labute approximate surface area is 103 Å². The molecular weight excluding hydrogens is 247 g/mol. The van der Waals surface area contributed by atoms with Crippen LogP contribution in [0.25, 0.3) is 0 Å². The van der Waals surface area contributed by atoms with Crippen LogP contribution in [0.1, 0.15) is 11.1 Å². The molecule has 0 N–H and O–H groups in total. The van der Waals surface area contributed by atoms with Crippen molar-refractivity contribution >= 4 is 6.09 Å². The van der Waals surface area contributed by atoms with Gasteiger partial charge in [-0.1, -0.05) is 29.8 Å². The van der Waals surface area contributed by atoms with Crippen LogP contribution in [-0.2, 0) is 11.3 Å². The second-order valence-electron chi connectivity index (χ2n) is 4.01. The van der Waals surface area contributed by atoms with Crippen LogP contribution in [0.4, 0.5) is 18.0 Å². The second kappa shape index (κ2) is 5.75. The molecule has 1 rings (SSSR count). The van der Waals surface area contributed by atoms with Crippen LogP contribution in [0.2, 0.25) is 0 Å². The lowest BCUT2D eigenvalue weighted by Gasteiger charge is -2.17. The number of alkyl halides is 3. The van der Waals surface area contributed by atoms with Crippen LogP contribution in [0, 0.1) is 6.92 Å². The topological polar surface area (TPSA) is 29.5 Å². The highest BCUT2D eigenvalue weighted by Gasteiger charge is 2.30. The molecule has 0 spiro atoms. The van der Waals surface area contributed by atoms with Gasteiger partial charge in [0.1, 0.15) is 0 Å². The number of aryl methyl sites for hydroxylation is 1. The highest BCUT2D eigenvalue weighted by atomic mass is 19.4. The molecule has 1 amide bonds. The van der Waals surface area contributed by atoms with E-state index in [0.29, 0.717) is 0 Å². The van der Waals surface area contributed by atoms with E-state index in [9.17, 15) is 18.0 Å². The fraction of sp³-hybridized carbons (Fsp3) is 0.417. The summed E-state index contributed by atoms with van der Waals surface area (Å²) in [5, 5.41) is 0. The van der Waals surface area contributed by atoms with Crippen molar-refractivity contribution in [3.63, 3.8) is 0 Å².